The first kappa shape index (κ1) is 13.5. The number of nitrogens with zero attached hydrogens (tertiary/aromatic N) is 2. The van der Waals surface area contributed by atoms with Crippen LogP contribution in [0.2, 0.25) is 0 Å². The van der Waals surface area contributed by atoms with E-state index < -0.39 is 0 Å². The standard InChI is InChI=1S/C12H10BrIN2O2/c1-18-12-3-2-8(4-10(12)13)11(17)7-16-6-9(14)5-15-16/h2-6H,7H2,1H3. The topological polar surface area (TPSA) is 44.1 Å². The maximum atomic E-state index is 12.1. The number of hydrogen-bond acceptors (Lipinski definition) is 3. The quantitative estimate of drug-likeness (QED) is 0.563. The minimum Gasteiger partial charge on any atom is -0.496 e. The first-order valence-corrected chi connectivity index (χ1v) is 7.02. The van der Waals surface area contributed by atoms with Gasteiger partial charge in [0, 0.05) is 11.8 Å². The highest BCUT2D eigenvalue weighted by Gasteiger charge is 2.10. The third-order valence-electron chi connectivity index (χ3n) is 2.38. The third-order valence-corrected chi connectivity index (χ3v) is 3.56. The lowest BCUT2D eigenvalue weighted by Crippen LogP contribution is -2.10. The molecule has 0 unspecified atom stereocenters. The second kappa shape index (κ2) is 5.83. The van der Waals surface area contributed by atoms with Crippen molar-refractivity contribution in [1.29, 1.82) is 0 Å². The summed E-state index contributed by atoms with van der Waals surface area (Å²) < 4.78 is 8.53. The largest absolute Gasteiger partial charge is 0.496 e. The Bertz CT molecular complexity index is 583. The molecule has 0 saturated carbocycles. The van der Waals surface area contributed by atoms with Gasteiger partial charge in [0.15, 0.2) is 5.78 Å². The zero-order valence-electron chi connectivity index (χ0n) is 9.56. The van der Waals surface area contributed by atoms with Crippen LogP contribution >= 0.6 is 38.5 Å². The summed E-state index contributed by atoms with van der Waals surface area (Å²) in [5.41, 5.74) is 0.633. The van der Waals surface area contributed by atoms with Crippen LogP contribution in [0.15, 0.2) is 35.1 Å². The predicted molar refractivity (Wildman–Crippen MR) is 80.0 cm³/mol. The Labute approximate surface area is 127 Å². The lowest BCUT2D eigenvalue weighted by atomic mass is 10.1. The maximum absolute atomic E-state index is 12.1. The van der Waals surface area contributed by atoms with Crippen molar-refractivity contribution in [3.8, 4) is 5.75 Å². The molecule has 1 aromatic heterocycles. The van der Waals surface area contributed by atoms with Gasteiger partial charge in [-0.1, -0.05) is 0 Å². The summed E-state index contributed by atoms with van der Waals surface area (Å²) in [6, 6.07) is 5.28. The Morgan fingerprint density at radius 2 is 2.33 bits per heavy atom. The van der Waals surface area contributed by atoms with Crippen LogP contribution in [0.1, 0.15) is 10.4 Å². The molecule has 2 aromatic rings. The highest BCUT2D eigenvalue weighted by molar-refractivity contribution is 14.1. The Kier molecular flexibility index (Phi) is 4.39. The van der Waals surface area contributed by atoms with E-state index in [1.165, 1.54) is 0 Å². The van der Waals surface area contributed by atoms with Gasteiger partial charge in [0.25, 0.3) is 0 Å². The molecule has 2 rings (SSSR count). The average molecular weight is 421 g/mol. The van der Waals surface area contributed by atoms with Gasteiger partial charge in [-0.05, 0) is 56.7 Å². The molecule has 4 nitrogen and oxygen atoms in total. The molecule has 0 amide bonds. The van der Waals surface area contributed by atoms with E-state index in [9.17, 15) is 4.79 Å². The molecule has 0 atom stereocenters. The van der Waals surface area contributed by atoms with Crippen molar-refractivity contribution in [2.75, 3.05) is 7.11 Å². The van der Waals surface area contributed by atoms with Gasteiger partial charge in [-0.3, -0.25) is 9.48 Å². The molecular formula is C12H10BrIN2O2. The number of methoxy groups -OCH3 is 1. The second-order valence-electron chi connectivity index (χ2n) is 3.63. The Balaban J connectivity index is 2.16. The molecule has 18 heavy (non-hydrogen) atoms. The molecule has 94 valence electrons. The van der Waals surface area contributed by atoms with Crippen LogP contribution in [-0.4, -0.2) is 22.7 Å². The minimum absolute atomic E-state index is 0.0119. The first-order valence-electron chi connectivity index (χ1n) is 5.15. The molecule has 0 bridgehead atoms. The smallest absolute Gasteiger partial charge is 0.184 e. The van der Waals surface area contributed by atoms with E-state index in [4.69, 9.17) is 4.74 Å². The summed E-state index contributed by atoms with van der Waals surface area (Å²) in [7, 11) is 1.59. The molecule has 0 fully saturated rings. The fourth-order valence-corrected chi connectivity index (χ4v) is 2.49. The Morgan fingerprint density at radius 3 is 2.89 bits per heavy atom. The fourth-order valence-electron chi connectivity index (χ4n) is 1.50. The van der Waals surface area contributed by atoms with Crippen molar-refractivity contribution >= 4 is 44.3 Å². The maximum Gasteiger partial charge on any atom is 0.184 e. The van der Waals surface area contributed by atoms with Gasteiger partial charge in [0.1, 0.15) is 12.3 Å². The molecule has 1 heterocycles. The van der Waals surface area contributed by atoms with E-state index in [0.29, 0.717) is 11.3 Å². The van der Waals surface area contributed by atoms with E-state index in [0.717, 1.165) is 8.04 Å². The normalized spacial score (nSPS) is 10.4. The summed E-state index contributed by atoms with van der Waals surface area (Å²) in [4.78, 5) is 12.1. The number of ketones is 1. The van der Waals surface area contributed by atoms with Gasteiger partial charge in [0.2, 0.25) is 0 Å². The zero-order valence-corrected chi connectivity index (χ0v) is 13.3. The SMILES string of the molecule is COc1ccc(C(=O)Cn2cc(I)cn2)cc1Br. The summed E-state index contributed by atoms with van der Waals surface area (Å²) in [6.45, 7) is 0.238. The Hall–Kier alpha value is -0.890. The van der Waals surface area contributed by atoms with Gasteiger partial charge in [0.05, 0.1) is 21.3 Å². The van der Waals surface area contributed by atoms with Crippen molar-refractivity contribution < 1.29 is 9.53 Å². The first-order chi connectivity index (χ1) is 8.60. The molecule has 1 aromatic carbocycles. The van der Waals surface area contributed by atoms with Crippen LogP contribution in [0.25, 0.3) is 0 Å². The third kappa shape index (κ3) is 3.11. The molecule has 0 aliphatic rings. The second-order valence-corrected chi connectivity index (χ2v) is 5.73. The van der Waals surface area contributed by atoms with Crippen LogP contribution in [0.3, 0.4) is 0 Å². The average Bonchev–Trinajstić information content (AvgIpc) is 2.74. The number of halogens is 2. The number of rotatable bonds is 4. The lowest BCUT2D eigenvalue weighted by Gasteiger charge is -2.06. The number of Topliss-reactive ketones (excluding diaryl/α,β-unsaturated/α-hetero) is 1. The lowest BCUT2D eigenvalue weighted by molar-refractivity contribution is 0.0967. The number of aromatic nitrogens is 2. The van der Waals surface area contributed by atoms with E-state index in [2.05, 4.69) is 43.6 Å². The van der Waals surface area contributed by atoms with Gasteiger partial charge in [-0.15, -0.1) is 0 Å². The molecule has 0 spiro atoms. The summed E-state index contributed by atoms with van der Waals surface area (Å²) in [5, 5.41) is 4.09. The summed E-state index contributed by atoms with van der Waals surface area (Å²) in [6.07, 6.45) is 3.55. The number of hydrogen-bond donors (Lipinski definition) is 0. The number of ether oxygens (including phenoxy) is 1. The van der Waals surface area contributed by atoms with Gasteiger partial charge >= 0.3 is 0 Å². The van der Waals surface area contributed by atoms with Crippen LogP contribution in [-0.2, 0) is 6.54 Å². The van der Waals surface area contributed by atoms with Gasteiger partial charge in [-0.2, -0.15) is 5.10 Å². The highest BCUT2D eigenvalue weighted by atomic mass is 127. The fraction of sp³-hybridized carbons (Fsp3) is 0.167. The highest BCUT2D eigenvalue weighted by Crippen LogP contribution is 2.25. The van der Waals surface area contributed by atoms with Crippen molar-refractivity contribution in [3.63, 3.8) is 0 Å². The Morgan fingerprint density at radius 1 is 1.56 bits per heavy atom. The molecule has 0 aliphatic carbocycles. The van der Waals surface area contributed by atoms with Crippen molar-refractivity contribution in [1.82, 2.24) is 9.78 Å². The van der Waals surface area contributed by atoms with Crippen LogP contribution in [0.5, 0.6) is 5.75 Å². The zero-order chi connectivity index (χ0) is 13.1. The summed E-state index contributed by atoms with van der Waals surface area (Å²) in [5.74, 6) is 0.720. The number of carbonyl (C=O) groups is 1. The van der Waals surface area contributed by atoms with Crippen LogP contribution in [0, 0.1) is 3.57 Å². The molecule has 0 N–H and O–H groups in total. The number of benzene rings is 1. The minimum atomic E-state index is 0.0119. The van der Waals surface area contributed by atoms with Crippen molar-refractivity contribution in [2.45, 2.75) is 6.54 Å². The van der Waals surface area contributed by atoms with Crippen LogP contribution in [0.4, 0.5) is 0 Å². The predicted octanol–water partition coefficient (Wildman–Crippen LogP) is 3.14. The summed E-state index contributed by atoms with van der Waals surface area (Å²) >= 11 is 5.52. The molecular weight excluding hydrogens is 411 g/mol. The van der Waals surface area contributed by atoms with Crippen molar-refractivity contribution in [2.24, 2.45) is 0 Å². The molecule has 6 heteroatoms. The van der Waals surface area contributed by atoms with Crippen molar-refractivity contribution in [3.05, 3.63) is 44.2 Å². The molecule has 0 radical (unpaired) electrons. The van der Waals surface area contributed by atoms with Gasteiger partial charge in [-0.25, -0.2) is 0 Å². The van der Waals surface area contributed by atoms with E-state index >= 15 is 0 Å². The van der Waals surface area contributed by atoms with Gasteiger partial charge < -0.3 is 4.74 Å². The van der Waals surface area contributed by atoms with Crippen LogP contribution < -0.4 is 4.74 Å². The van der Waals surface area contributed by atoms with E-state index in [1.807, 2.05) is 6.20 Å². The van der Waals surface area contributed by atoms with E-state index in [1.54, 1.807) is 36.2 Å². The monoisotopic (exact) mass is 420 g/mol. The van der Waals surface area contributed by atoms with E-state index in [-0.39, 0.29) is 12.3 Å². The molecule has 0 aliphatic heterocycles. The number of carbonyl (C=O) groups excluding carboxylic acids is 1. The molecule has 0 saturated heterocycles.